The lowest BCUT2D eigenvalue weighted by atomic mass is 10.2. The molecule has 0 aliphatic heterocycles. The molecule has 0 aliphatic rings. The van der Waals surface area contributed by atoms with Gasteiger partial charge in [0.15, 0.2) is 0 Å². The number of nitrogens with one attached hydrogen (secondary N) is 1. The highest BCUT2D eigenvalue weighted by molar-refractivity contribution is 5.85. The first-order valence-corrected chi connectivity index (χ1v) is 5.06. The second kappa shape index (κ2) is 7.68. The van der Waals surface area contributed by atoms with E-state index in [0.717, 1.165) is 13.1 Å². The van der Waals surface area contributed by atoms with Gasteiger partial charge in [0.05, 0.1) is 12.3 Å². The van der Waals surface area contributed by atoms with Crippen molar-refractivity contribution in [3.05, 3.63) is 18.0 Å². The summed E-state index contributed by atoms with van der Waals surface area (Å²) in [6.07, 6.45) is 1.82. The van der Waals surface area contributed by atoms with Gasteiger partial charge in [-0.05, 0) is 12.0 Å². The van der Waals surface area contributed by atoms with Gasteiger partial charge in [0.1, 0.15) is 0 Å². The Morgan fingerprint density at radius 1 is 1.53 bits per heavy atom. The number of aliphatic hydroxyl groups is 1. The zero-order chi connectivity index (χ0) is 10.4. The minimum atomic E-state index is 0. The van der Waals surface area contributed by atoms with Gasteiger partial charge in [-0.3, -0.25) is 4.68 Å². The largest absolute Gasteiger partial charge is 0.395 e. The molecule has 0 spiro atoms. The molecule has 0 saturated heterocycles. The van der Waals surface area contributed by atoms with Crippen LogP contribution in [0.3, 0.4) is 0 Å². The first kappa shape index (κ1) is 14.4. The molecule has 5 heteroatoms. The molecule has 1 aromatic rings. The lowest BCUT2D eigenvalue weighted by molar-refractivity contribution is 0.291. The van der Waals surface area contributed by atoms with Crippen LogP contribution < -0.4 is 5.32 Å². The summed E-state index contributed by atoms with van der Waals surface area (Å²) in [6, 6.07) is 2.01. The van der Waals surface area contributed by atoms with Gasteiger partial charge in [0, 0.05) is 25.8 Å². The monoisotopic (exact) mass is 233 g/mol. The van der Waals surface area contributed by atoms with Crippen LogP contribution in [0.2, 0.25) is 0 Å². The van der Waals surface area contributed by atoms with Crippen LogP contribution in [-0.4, -0.2) is 28.0 Å². The van der Waals surface area contributed by atoms with Crippen molar-refractivity contribution in [2.24, 2.45) is 5.92 Å². The normalized spacial score (nSPS) is 10.4. The van der Waals surface area contributed by atoms with E-state index in [2.05, 4.69) is 24.3 Å². The molecule has 1 aromatic heterocycles. The van der Waals surface area contributed by atoms with Crippen molar-refractivity contribution >= 4 is 12.4 Å². The highest BCUT2D eigenvalue weighted by Gasteiger charge is 2.03. The smallest absolute Gasteiger partial charge is 0.0556 e. The van der Waals surface area contributed by atoms with Gasteiger partial charge < -0.3 is 10.4 Å². The van der Waals surface area contributed by atoms with Crippen LogP contribution in [0.5, 0.6) is 0 Å². The number of halogens is 1. The Morgan fingerprint density at radius 3 is 2.87 bits per heavy atom. The zero-order valence-corrected chi connectivity index (χ0v) is 10.1. The van der Waals surface area contributed by atoms with E-state index in [1.165, 1.54) is 5.69 Å². The highest BCUT2D eigenvalue weighted by atomic mass is 35.5. The van der Waals surface area contributed by atoms with Crippen LogP contribution in [0.4, 0.5) is 0 Å². The number of aliphatic hydroxyl groups excluding tert-OH is 1. The fraction of sp³-hybridized carbons (Fsp3) is 0.700. The molecule has 1 rings (SSSR count). The third kappa shape index (κ3) is 5.16. The standard InChI is InChI=1S/C10H19N3O.ClH/c1-9(2)8-13-10(3-4-12-13)7-11-5-6-14;/h3-4,9,11,14H,5-8H2,1-2H3;1H. The fourth-order valence-electron chi connectivity index (χ4n) is 1.32. The van der Waals surface area contributed by atoms with Crippen molar-refractivity contribution in [1.29, 1.82) is 0 Å². The molecule has 0 amide bonds. The maximum Gasteiger partial charge on any atom is 0.0556 e. The van der Waals surface area contributed by atoms with Crippen molar-refractivity contribution < 1.29 is 5.11 Å². The topological polar surface area (TPSA) is 50.1 Å². The molecule has 0 aliphatic carbocycles. The van der Waals surface area contributed by atoms with Gasteiger partial charge in [-0.15, -0.1) is 12.4 Å². The number of hydrogen-bond acceptors (Lipinski definition) is 3. The number of nitrogens with zero attached hydrogens (tertiary/aromatic N) is 2. The summed E-state index contributed by atoms with van der Waals surface area (Å²) in [4.78, 5) is 0. The summed E-state index contributed by atoms with van der Waals surface area (Å²) < 4.78 is 2.01. The van der Waals surface area contributed by atoms with E-state index in [4.69, 9.17) is 5.11 Å². The Hall–Kier alpha value is -0.580. The molecule has 15 heavy (non-hydrogen) atoms. The van der Waals surface area contributed by atoms with Crippen molar-refractivity contribution in [3.8, 4) is 0 Å². The first-order chi connectivity index (χ1) is 6.74. The Labute approximate surface area is 97.1 Å². The molecule has 0 unspecified atom stereocenters. The van der Waals surface area contributed by atoms with Gasteiger partial charge >= 0.3 is 0 Å². The Kier molecular flexibility index (Phi) is 7.38. The average Bonchev–Trinajstić information content (AvgIpc) is 2.52. The summed E-state index contributed by atoms with van der Waals surface area (Å²) in [5.41, 5.74) is 1.17. The number of rotatable bonds is 6. The minimum Gasteiger partial charge on any atom is -0.395 e. The van der Waals surface area contributed by atoms with Gasteiger partial charge in [-0.25, -0.2) is 0 Å². The molecule has 0 bridgehead atoms. The predicted octanol–water partition coefficient (Wildman–Crippen LogP) is 1.04. The predicted molar refractivity (Wildman–Crippen MR) is 63.1 cm³/mol. The van der Waals surface area contributed by atoms with E-state index in [1.54, 1.807) is 0 Å². The molecule has 2 N–H and O–H groups in total. The van der Waals surface area contributed by atoms with Gasteiger partial charge in [0.25, 0.3) is 0 Å². The van der Waals surface area contributed by atoms with Crippen molar-refractivity contribution in [2.45, 2.75) is 26.9 Å². The van der Waals surface area contributed by atoms with E-state index in [0.29, 0.717) is 12.5 Å². The summed E-state index contributed by atoms with van der Waals surface area (Å²) in [6.45, 7) is 6.88. The van der Waals surface area contributed by atoms with Crippen molar-refractivity contribution in [2.75, 3.05) is 13.2 Å². The molecule has 1 heterocycles. The van der Waals surface area contributed by atoms with E-state index in [-0.39, 0.29) is 19.0 Å². The molecule has 0 saturated carbocycles. The van der Waals surface area contributed by atoms with Gasteiger partial charge in [-0.2, -0.15) is 5.10 Å². The molecule has 0 aromatic carbocycles. The van der Waals surface area contributed by atoms with Crippen LogP contribution in [-0.2, 0) is 13.1 Å². The molecular formula is C10H20ClN3O. The highest BCUT2D eigenvalue weighted by Crippen LogP contribution is 2.03. The van der Waals surface area contributed by atoms with Crippen LogP contribution in [0.1, 0.15) is 19.5 Å². The fourth-order valence-corrected chi connectivity index (χ4v) is 1.32. The van der Waals surface area contributed by atoms with Gasteiger partial charge in [0.2, 0.25) is 0 Å². The maximum atomic E-state index is 8.62. The average molecular weight is 234 g/mol. The maximum absolute atomic E-state index is 8.62. The summed E-state index contributed by atoms with van der Waals surface area (Å²) in [7, 11) is 0. The second-order valence-corrected chi connectivity index (χ2v) is 3.80. The minimum absolute atomic E-state index is 0. The van der Waals surface area contributed by atoms with Crippen LogP contribution in [0.15, 0.2) is 12.3 Å². The number of aromatic nitrogens is 2. The summed E-state index contributed by atoms with van der Waals surface area (Å²) in [5.74, 6) is 0.603. The van der Waals surface area contributed by atoms with Crippen LogP contribution in [0, 0.1) is 5.92 Å². The molecular weight excluding hydrogens is 214 g/mol. The quantitative estimate of drug-likeness (QED) is 0.722. The van der Waals surface area contributed by atoms with E-state index in [9.17, 15) is 0 Å². The van der Waals surface area contributed by atoms with Crippen molar-refractivity contribution in [3.63, 3.8) is 0 Å². The van der Waals surface area contributed by atoms with E-state index >= 15 is 0 Å². The van der Waals surface area contributed by atoms with Crippen molar-refractivity contribution in [1.82, 2.24) is 15.1 Å². The molecule has 0 fully saturated rings. The summed E-state index contributed by atoms with van der Waals surface area (Å²) in [5, 5.41) is 16.0. The Bertz CT molecular complexity index is 263. The van der Waals surface area contributed by atoms with Crippen LogP contribution >= 0.6 is 12.4 Å². The second-order valence-electron chi connectivity index (χ2n) is 3.80. The Balaban J connectivity index is 0.00000196. The number of hydrogen-bond donors (Lipinski definition) is 2. The molecule has 4 nitrogen and oxygen atoms in total. The van der Waals surface area contributed by atoms with Gasteiger partial charge in [-0.1, -0.05) is 13.8 Å². The Morgan fingerprint density at radius 2 is 2.27 bits per heavy atom. The lowest BCUT2D eigenvalue weighted by Crippen LogP contribution is -2.20. The molecule has 0 atom stereocenters. The molecule has 88 valence electrons. The summed E-state index contributed by atoms with van der Waals surface area (Å²) >= 11 is 0. The molecule has 0 radical (unpaired) electrons. The van der Waals surface area contributed by atoms with Crippen LogP contribution in [0.25, 0.3) is 0 Å². The first-order valence-electron chi connectivity index (χ1n) is 5.06. The van der Waals surface area contributed by atoms with E-state index < -0.39 is 0 Å². The third-order valence-corrected chi connectivity index (χ3v) is 1.94. The SMILES string of the molecule is CC(C)Cn1nccc1CNCCO.Cl. The van der Waals surface area contributed by atoms with E-state index in [1.807, 2.05) is 16.9 Å². The lowest BCUT2D eigenvalue weighted by Gasteiger charge is -2.10. The zero-order valence-electron chi connectivity index (χ0n) is 9.31. The third-order valence-electron chi connectivity index (χ3n) is 1.94.